The zero-order valence-corrected chi connectivity index (χ0v) is 24.7. The molecule has 2 amide bonds. The van der Waals surface area contributed by atoms with Crippen LogP contribution in [-0.4, -0.2) is 80.7 Å². The molecule has 15 heteroatoms. The van der Waals surface area contributed by atoms with Gasteiger partial charge in [-0.3, -0.25) is 14.7 Å². The van der Waals surface area contributed by atoms with Gasteiger partial charge in [0.15, 0.2) is 5.82 Å². The molecule has 2 saturated heterocycles. The number of aromatic nitrogens is 2. The normalized spacial score (nSPS) is 19.3. The number of carbonyl (C=O) groups excluding carboxylic acids is 2. The van der Waals surface area contributed by atoms with Crippen LogP contribution in [0.25, 0.3) is 0 Å². The molecule has 2 aromatic carbocycles. The van der Waals surface area contributed by atoms with Crippen molar-refractivity contribution in [1.82, 2.24) is 19.8 Å². The van der Waals surface area contributed by atoms with E-state index < -0.39 is 32.5 Å². The molecule has 6 rings (SSSR count). The number of carbonyl (C=O) groups is 2. The molecule has 1 atom stereocenters. The van der Waals surface area contributed by atoms with Gasteiger partial charge < -0.3 is 25.6 Å². The fourth-order valence-corrected chi connectivity index (χ4v) is 7.19. The van der Waals surface area contributed by atoms with Gasteiger partial charge in [-0.1, -0.05) is 0 Å². The van der Waals surface area contributed by atoms with Crippen LogP contribution in [0.4, 0.5) is 26.0 Å². The van der Waals surface area contributed by atoms with Crippen LogP contribution in [0.1, 0.15) is 34.5 Å². The molecule has 3 aliphatic rings. The first kappa shape index (κ1) is 30.1. The summed E-state index contributed by atoms with van der Waals surface area (Å²) >= 11 is 0. The van der Waals surface area contributed by atoms with Gasteiger partial charge in [0.05, 0.1) is 35.3 Å². The Hall–Kier alpha value is -3.92. The van der Waals surface area contributed by atoms with E-state index in [0.717, 1.165) is 41.5 Å². The first-order valence-corrected chi connectivity index (χ1v) is 15.9. The first-order valence-electron chi connectivity index (χ1n) is 14.5. The van der Waals surface area contributed by atoms with Gasteiger partial charge in [0.1, 0.15) is 11.6 Å². The highest BCUT2D eigenvalue weighted by Gasteiger charge is 2.33. The molecule has 4 N–H and O–H groups in total. The van der Waals surface area contributed by atoms with Crippen molar-refractivity contribution in [1.29, 1.82) is 0 Å². The quantitative estimate of drug-likeness (QED) is 0.312. The Balaban J connectivity index is 1.24. The number of nitrogens with one attached hydrogen (secondary N) is 4. The largest absolute Gasteiger partial charge is 0.378 e. The standard InChI is InChI=1S/C29H33F2N7O5S/c30-19-12-20(31)14-22(13-19)44(41,42)38-7-5-25-24(17-38)27(36-35-25)34-29(40)23-4-3-21(37-8-10-43-11-9-37)15-26(23)33-28(39)18-2-1-6-32-16-18/h3-4,12-15,18,32H,1-2,5-11,16-17H2,(H,33,39)(H2,34,35,36,40). The fraction of sp³-hybridized carbons (Fsp3) is 0.414. The highest BCUT2D eigenvalue weighted by Crippen LogP contribution is 2.31. The van der Waals surface area contributed by atoms with E-state index in [1.807, 2.05) is 6.07 Å². The van der Waals surface area contributed by atoms with Crippen molar-refractivity contribution in [3.63, 3.8) is 0 Å². The van der Waals surface area contributed by atoms with E-state index >= 15 is 0 Å². The third-order valence-corrected chi connectivity index (χ3v) is 9.98. The molecular formula is C29H33F2N7O5S. The van der Waals surface area contributed by atoms with Crippen molar-refractivity contribution in [3.8, 4) is 0 Å². The number of nitrogens with zero attached hydrogens (tertiary/aromatic N) is 3. The molecule has 0 saturated carbocycles. The predicted molar refractivity (Wildman–Crippen MR) is 158 cm³/mol. The van der Waals surface area contributed by atoms with Crippen LogP contribution in [0.2, 0.25) is 0 Å². The Morgan fingerprint density at radius 2 is 1.80 bits per heavy atom. The second kappa shape index (κ2) is 12.6. The van der Waals surface area contributed by atoms with Crippen molar-refractivity contribution in [2.45, 2.75) is 30.7 Å². The number of hydrogen-bond acceptors (Lipinski definition) is 8. The summed E-state index contributed by atoms with van der Waals surface area (Å²) in [4.78, 5) is 28.5. The van der Waals surface area contributed by atoms with Crippen LogP contribution in [0.5, 0.6) is 0 Å². The number of rotatable bonds is 7. The van der Waals surface area contributed by atoms with Gasteiger partial charge in [0.2, 0.25) is 15.9 Å². The summed E-state index contributed by atoms with van der Waals surface area (Å²) in [5.74, 6) is -2.83. The van der Waals surface area contributed by atoms with Crippen molar-refractivity contribution < 1.29 is 31.5 Å². The van der Waals surface area contributed by atoms with Gasteiger partial charge in [-0.05, 0) is 49.7 Å². The molecule has 0 bridgehead atoms. The molecule has 2 fully saturated rings. The number of morpholine rings is 1. The second-order valence-corrected chi connectivity index (χ2v) is 13.0. The molecule has 44 heavy (non-hydrogen) atoms. The number of ether oxygens (including phenoxy) is 1. The van der Waals surface area contributed by atoms with E-state index in [2.05, 4.69) is 31.0 Å². The lowest BCUT2D eigenvalue weighted by molar-refractivity contribution is -0.120. The Bertz CT molecular complexity index is 1650. The zero-order chi connectivity index (χ0) is 30.8. The minimum absolute atomic E-state index is 0.0538. The lowest BCUT2D eigenvalue weighted by Gasteiger charge is -2.30. The summed E-state index contributed by atoms with van der Waals surface area (Å²) in [5, 5.41) is 16.0. The van der Waals surface area contributed by atoms with E-state index in [1.54, 1.807) is 12.1 Å². The maximum absolute atomic E-state index is 13.8. The predicted octanol–water partition coefficient (Wildman–Crippen LogP) is 2.46. The van der Waals surface area contributed by atoms with Gasteiger partial charge in [0.25, 0.3) is 5.91 Å². The van der Waals surface area contributed by atoms with Crippen LogP contribution in [0, 0.1) is 17.6 Å². The number of aromatic amines is 1. The number of amides is 2. The van der Waals surface area contributed by atoms with Gasteiger partial charge in [-0.25, -0.2) is 17.2 Å². The molecule has 3 aliphatic heterocycles. The van der Waals surface area contributed by atoms with Crippen molar-refractivity contribution >= 4 is 39.0 Å². The fourth-order valence-electron chi connectivity index (χ4n) is 5.74. The monoisotopic (exact) mass is 629 g/mol. The minimum Gasteiger partial charge on any atom is -0.378 e. The number of fused-ring (bicyclic) bond motifs is 1. The molecular weight excluding hydrogens is 596 g/mol. The van der Waals surface area contributed by atoms with E-state index in [4.69, 9.17) is 4.74 Å². The Kier molecular flexibility index (Phi) is 8.62. The molecule has 12 nitrogen and oxygen atoms in total. The number of halogens is 2. The average Bonchev–Trinajstić information content (AvgIpc) is 3.43. The Labute approximate surface area is 253 Å². The van der Waals surface area contributed by atoms with Crippen LogP contribution < -0.4 is 20.9 Å². The van der Waals surface area contributed by atoms with E-state index in [0.29, 0.717) is 55.9 Å². The molecule has 1 unspecified atom stereocenters. The minimum atomic E-state index is -4.24. The summed E-state index contributed by atoms with van der Waals surface area (Å²) in [6.07, 6.45) is 1.87. The molecule has 3 aromatic rings. The average molecular weight is 630 g/mol. The van der Waals surface area contributed by atoms with Crippen LogP contribution in [0.3, 0.4) is 0 Å². The zero-order valence-electron chi connectivity index (χ0n) is 23.9. The molecule has 0 spiro atoms. The van der Waals surface area contributed by atoms with Gasteiger partial charge >= 0.3 is 0 Å². The summed E-state index contributed by atoms with van der Waals surface area (Å²) < 4.78 is 60.6. The number of benzene rings is 2. The number of sulfonamides is 1. The van der Waals surface area contributed by atoms with Crippen LogP contribution in [-0.2, 0) is 32.5 Å². The van der Waals surface area contributed by atoms with Gasteiger partial charge in [-0.15, -0.1) is 0 Å². The molecule has 0 radical (unpaired) electrons. The van der Waals surface area contributed by atoms with Crippen LogP contribution >= 0.6 is 0 Å². The van der Waals surface area contributed by atoms with Crippen molar-refractivity contribution in [3.05, 3.63) is 64.9 Å². The first-order chi connectivity index (χ1) is 21.2. The third-order valence-electron chi connectivity index (χ3n) is 8.15. The lowest BCUT2D eigenvalue weighted by atomic mass is 9.98. The SMILES string of the molecule is O=C(Nc1n[nH]c2c1CN(S(=O)(=O)c1cc(F)cc(F)c1)CC2)c1ccc(N2CCOCC2)cc1NC(=O)C1CCCNC1. The van der Waals surface area contributed by atoms with Gasteiger partial charge in [-0.2, -0.15) is 9.40 Å². The van der Waals surface area contributed by atoms with Crippen LogP contribution in [0.15, 0.2) is 41.3 Å². The van der Waals surface area contributed by atoms with E-state index in [9.17, 15) is 26.8 Å². The third kappa shape index (κ3) is 6.31. The maximum atomic E-state index is 13.8. The highest BCUT2D eigenvalue weighted by atomic mass is 32.2. The Morgan fingerprint density at radius 3 is 2.52 bits per heavy atom. The summed E-state index contributed by atoms with van der Waals surface area (Å²) in [6, 6.07) is 7.37. The summed E-state index contributed by atoms with van der Waals surface area (Å²) in [6.45, 7) is 3.78. The van der Waals surface area contributed by atoms with Gasteiger partial charge in [0, 0.05) is 62.2 Å². The number of H-pyrrole nitrogens is 1. The number of anilines is 3. The molecule has 0 aliphatic carbocycles. The smallest absolute Gasteiger partial charge is 0.258 e. The molecule has 4 heterocycles. The second-order valence-electron chi connectivity index (χ2n) is 11.0. The Morgan fingerprint density at radius 1 is 1.02 bits per heavy atom. The van der Waals surface area contributed by atoms with E-state index in [1.165, 1.54) is 0 Å². The van der Waals surface area contributed by atoms with Crippen molar-refractivity contribution in [2.24, 2.45) is 5.92 Å². The maximum Gasteiger partial charge on any atom is 0.258 e. The molecule has 1 aromatic heterocycles. The number of hydrogen-bond donors (Lipinski definition) is 4. The number of piperidine rings is 1. The molecule has 234 valence electrons. The van der Waals surface area contributed by atoms with E-state index in [-0.39, 0.29) is 42.7 Å². The summed E-state index contributed by atoms with van der Waals surface area (Å²) in [5.41, 5.74) is 2.48. The lowest BCUT2D eigenvalue weighted by Crippen LogP contribution is -2.38. The highest BCUT2D eigenvalue weighted by molar-refractivity contribution is 7.89. The summed E-state index contributed by atoms with van der Waals surface area (Å²) in [7, 11) is -4.24. The van der Waals surface area contributed by atoms with Crippen molar-refractivity contribution in [2.75, 3.05) is 61.5 Å². The topological polar surface area (TPSA) is 149 Å².